The molecular weight excluding hydrogens is 288 g/mol. The highest BCUT2D eigenvalue weighted by Gasteiger charge is 2.25. The number of benzene rings is 1. The van der Waals surface area contributed by atoms with Crippen LogP contribution in [0.4, 0.5) is 5.69 Å². The molecule has 0 heterocycles. The maximum Gasteiger partial charge on any atom is 0.101 e. The fourth-order valence-electron chi connectivity index (χ4n) is 1.88. The molecule has 2 nitrogen and oxygen atoms in total. The molecule has 0 aliphatic rings. The Bertz CT molecular complexity index is 429. The quantitative estimate of drug-likeness (QED) is 0.785. The number of anilines is 1. The van der Waals surface area contributed by atoms with E-state index < -0.39 is 0 Å². The summed E-state index contributed by atoms with van der Waals surface area (Å²) in [5, 5.41) is 10.1. The molecule has 0 aromatic heterocycles. The van der Waals surface area contributed by atoms with Crippen molar-refractivity contribution in [1.82, 2.24) is 0 Å². The summed E-state index contributed by atoms with van der Waals surface area (Å²) in [6, 6.07) is 10.0. The van der Waals surface area contributed by atoms with Crippen molar-refractivity contribution in [1.29, 1.82) is 5.26 Å². The second-order valence-electron chi connectivity index (χ2n) is 5.73. The van der Waals surface area contributed by atoms with Crippen LogP contribution in [0.5, 0.6) is 0 Å². The maximum absolute atomic E-state index is 9.13. The van der Waals surface area contributed by atoms with E-state index in [4.69, 9.17) is 5.26 Å². The number of hydrogen-bond donors (Lipinski definition) is 0. The Hall–Kier alpha value is -1.01. The zero-order chi connectivity index (χ0) is 13.8. The summed E-state index contributed by atoms with van der Waals surface area (Å²) in [4.78, 5) is 2.18. The molecule has 0 saturated heterocycles. The van der Waals surface area contributed by atoms with Crippen LogP contribution >= 0.6 is 15.9 Å². The summed E-state index contributed by atoms with van der Waals surface area (Å²) in [7, 11) is 2.05. The number of para-hydroxylation sites is 1. The lowest BCUT2D eigenvalue weighted by Gasteiger charge is -2.34. The van der Waals surface area contributed by atoms with Crippen molar-refractivity contribution in [3.8, 4) is 6.07 Å². The van der Waals surface area contributed by atoms with Crippen molar-refractivity contribution in [3.63, 3.8) is 0 Å². The molecule has 0 spiro atoms. The van der Waals surface area contributed by atoms with Crippen LogP contribution in [0.25, 0.3) is 0 Å². The van der Waals surface area contributed by atoms with Gasteiger partial charge in [-0.1, -0.05) is 48.8 Å². The molecule has 0 radical (unpaired) electrons. The van der Waals surface area contributed by atoms with Gasteiger partial charge in [0.2, 0.25) is 0 Å². The van der Waals surface area contributed by atoms with Crippen LogP contribution in [0.3, 0.4) is 0 Å². The zero-order valence-corrected chi connectivity index (χ0v) is 13.2. The smallest absolute Gasteiger partial charge is 0.101 e. The third kappa shape index (κ3) is 3.74. The van der Waals surface area contributed by atoms with Gasteiger partial charge in [0.05, 0.1) is 11.3 Å². The van der Waals surface area contributed by atoms with Gasteiger partial charge in [-0.3, -0.25) is 0 Å². The molecular formula is C15H21BrN2. The normalized spacial score (nSPS) is 12.9. The highest BCUT2D eigenvalue weighted by atomic mass is 79.9. The largest absolute Gasteiger partial charge is 0.373 e. The Kier molecular flexibility index (Phi) is 5.22. The first-order chi connectivity index (χ1) is 8.40. The molecule has 0 amide bonds. The van der Waals surface area contributed by atoms with Crippen LogP contribution in [-0.2, 0) is 0 Å². The lowest BCUT2D eigenvalue weighted by Crippen LogP contribution is -2.34. The Morgan fingerprint density at radius 3 is 2.44 bits per heavy atom. The number of rotatable bonds is 4. The fraction of sp³-hybridized carbons (Fsp3) is 0.533. The molecule has 0 bridgehead atoms. The van der Waals surface area contributed by atoms with Crippen LogP contribution in [0.1, 0.15) is 26.3 Å². The topological polar surface area (TPSA) is 27.0 Å². The minimum Gasteiger partial charge on any atom is -0.373 e. The summed E-state index contributed by atoms with van der Waals surface area (Å²) >= 11 is 3.60. The Balaban J connectivity index is 2.88. The molecule has 98 valence electrons. The summed E-state index contributed by atoms with van der Waals surface area (Å²) in [5.74, 6) is 0.536. The van der Waals surface area contributed by atoms with E-state index in [0.29, 0.717) is 5.92 Å². The van der Waals surface area contributed by atoms with Crippen molar-refractivity contribution in [2.24, 2.45) is 11.3 Å². The molecule has 1 aromatic rings. The first-order valence-electron chi connectivity index (χ1n) is 6.16. The van der Waals surface area contributed by atoms with Crippen molar-refractivity contribution < 1.29 is 0 Å². The van der Waals surface area contributed by atoms with Crippen molar-refractivity contribution >= 4 is 21.6 Å². The Morgan fingerprint density at radius 2 is 1.94 bits per heavy atom. The summed E-state index contributed by atoms with van der Waals surface area (Å²) in [6.07, 6.45) is 0. The average Bonchev–Trinajstić information content (AvgIpc) is 2.34. The lowest BCUT2D eigenvalue weighted by atomic mass is 9.81. The van der Waals surface area contributed by atoms with Gasteiger partial charge in [0, 0.05) is 18.9 Å². The van der Waals surface area contributed by atoms with E-state index in [1.807, 2.05) is 24.3 Å². The second-order valence-corrected chi connectivity index (χ2v) is 6.37. The summed E-state index contributed by atoms with van der Waals surface area (Å²) in [6.45, 7) is 7.70. The molecule has 1 aromatic carbocycles. The standard InChI is InChI=1S/C15H21BrN2/c1-15(2,3)13(9-16)11-18(4)14-8-6-5-7-12(14)10-17/h5-8,13H,9,11H2,1-4H3. The molecule has 0 fully saturated rings. The minimum atomic E-state index is 0.249. The van der Waals surface area contributed by atoms with E-state index in [1.54, 1.807) is 0 Å². The van der Waals surface area contributed by atoms with Crippen LogP contribution < -0.4 is 4.90 Å². The van der Waals surface area contributed by atoms with Crippen molar-refractivity contribution in [2.45, 2.75) is 20.8 Å². The first kappa shape index (κ1) is 15.0. The lowest BCUT2D eigenvalue weighted by molar-refractivity contribution is 0.273. The molecule has 18 heavy (non-hydrogen) atoms. The van der Waals surface area contributed by atoms with E-state index in [0.717, 1.165) is 23.1 Å². The van der Waals surface area contributed by atoms with Gasteiger partial charge in [0.25, 0.3) is 0 Å². The number of hydrogen-bond acceptors (Lipinski definition) is 2. The van der Waals surface area contributed by atoms with Gasteiger partial charge in [0.1, 0.15) is 6.07 Å². The third-order valence-corrected chi connectivity index (χ3v) is 4.12. The fourth-order valence-corrected chi connectivity index (χ4v) is 3.06. The Morgan fingerprint density at radius 1 is 1.33 bits per heavy atom. The van der Waals surface area contributed by atoms with Crippen molar-refractivity contribution in [3.05, 3.63) is 29.8 Å². The third-order valence-electron chi connectivity index (χ3n) is 3.34. The monoisotopic (exact) mass is 308 g/mol. The van der Waals surface area contributed by atoms with E-state index in [2.05, 4.69) is 54.7 Å². The molecule has 0 saturated carbocycles. The molecule has 1 unspecified atom stereocenters. The van der Waals surface area contributed by atoms with Gasteiger partial charge in [-0.15, -0.1) is 0 Å². The van der Waals surface area contributed by atoms with Crippen LogP contribution in [-0.4, -0.2) is 18.9 Å². The summed E-state index contributed by atoms with van der Waals surface area (Å²) in [5.41, 5.74) is 2.00. The van der Waals surface area contributed by atoms with Gasteiger partial charge < -0.3 is 4.90 Å². The van der Waals surface area contributed by atoms with E-state index in [1.165, 1.54) is 0 Å². The van der Waals surface area contributed by atoms with Crippen LogP contribution in [0.15, 0.2) is 24.3 Å². The van der Waals surface area contributed by atoms with Gasteiger partial charge in [-0.05, 0) is 23.5 Å². The highest BCUT2D eigenvalue weighted by molar-refractivity contribution is 9.09. The van der Waals surface area contributed by atoms with Crippen molar-refractivity contribution in [2.75, 3.05) is 23.8 Å². The van der Waals surface area contributed by atoms with Gasteiger partial charge in [0.15, 0.2) is 0 Å². The molecule has 0 aliphatic carbocycles. The highest BCUT2D eigenvalue weighted by Crippen LogP contribution is 2.30. The number of nitrogens with zero attached hydrogens (tertiary/aromatic N) is 2. The zero-order valence-electron chi connectivity index (χ0n) is 11.6. The van der Waals surface area contributed by atoms with Gasteiger partial charge in [-0.25, -0.2) is 0 Å². The SMILES string of the molecule is CN(CC(CBr)C(C)(C)C)c1ccccc1C#N. The summed E-state index contributed by atoms with van der Waals surface area (Å²) < 4.78 is 0. The minimum absolute atomic E-state index is 0.249. The first-order valence-corrected chi connectivity index (χ1v) is 7.28. The number of halogens is 1. The predicted molar refractivity (Wildman–Crippen MR) is 81.2 cm³/mol. The van der Waals surface area contributed by atoms with Crippen LogP contribution in [0.2, 0.25) is 0 Å². The van der Waals surface area contributed by atoms with E-state index >= 15 is 0 Å². The average molecular weight is 309 g/mol. The van der Waals surface area contributed by atoms with E-state index in [-0.39, 0.29) is 5.41 Å². The molecule has 1 rings (SSSR count). The molecule has 0 aliphatic heterocycles. The molecule has 0 N–H and O–H groups in total. The maximum atomic E-state index is 9.13. The Labute approximate surface area is 119 Å². The number of nitriles is 1. The molecule has 3 heteroatoms. The van der Waals surface area contributed by atoms with Gasteiger partial charge >= 0.3 is 0 Å². The van der Waals surface area contributed by atoms with Crippen LogP contribution in [0, 0.1) is 22.7 Å². The second kappa shape index (κ2) is 6.24. The molecule has 1 atom stereocenters. The van der Waals surface area contributed by atoms with E-state index in [9.17, 15) is 0 Å². The predicted octanol–water partition coefficient (Wildman–Crippen LogP) is 4.05. The number of alkyl halides is 1. The van der Waals surface area contributed by atoms with Gasteiger partial charge in [-0.2, -0.15) is 5.26 Å².